The van der Waals surface area contributed by atoms with Gasteiger partial charge in [0.15, 0.2) is 0 Å². The summed E-state index contributed by atoms with van der Waals surface area (Å²) in [4.78, 5) is 0. The van der Waals surface area contributed by atoms with Crippen LogP contribution in [0.15, 0.2) is 188 Å². The topological polar surface area (TPSA) is 0 Å². The number of hydrogen-bond acceptors (Lipinski definition) is 0. The van der Waals surface area contributed by atoms with Crippen LogP contribution in [0.3, 0.4) is 0 Å². The summed E-state index contributed by atoms with van der Waals surface area (Å²) in [7, 11) is 0. The molecule has 0 saturated heterocycles. The van der Waals surface area contributed by atoms with E-state index in [1.807, 2.05) is 0 Å². The predicted octanol–water partition coefficient (Wildman–Crippen LogP) is 15.9. The Balaban J connectivity index is 1.16. The molecule has 2 aliphatic carbocycles. The van der Waals surface area contributed by atoms with Crippen LogP contribution in [0.5, 0.6) is 0 Å². The lowest BCUT2D eigenvalue weighted by Gasteiger charge is -2.26. The molecule has 266 valence electrons. The van der Waals surface area contributed by atoms with Crippen molar-refractivity contribution >= 4 is 81.0 Å². The lowest BCUT2D eigenvalue weighted by molar-refractivity contribution is 0.825. The molecule has 1 unspecified atom stereocenters. The Morgan fingerprint density at radius 3 is 1.64 bits per heavy atom. The maximum Gasteiger partial charge on any atom is 0.0137 e. The molecule has 1 atom stereocenters. The Bertz CT molecular complexity index is 3740. The number of rotatable bonds is 3. The van der Waals surface area contributed by atoms with Crippen molar-refractivity contribution in [3.8, 4) is 33.4 Å². The van der Waals surface area contributed by atoms with Crippen LogP contribution in [0.25, 0.3) is 114 Å². The fraction of sp³-hybridized carbons (Fsp3) is 0.0345. The average molecular weight is 731 g/mol. The van der Waals surface area contributed by atoms with E-state index in [0.717, 1.165) is 6.42 Å². The SMILES string of the molecule is C1=C2c3ccccc3-c3cccc(c32)C(c2ccc3c4c(-c5ccccc5)c5cc6c7ccccc7c7cccc(c5c(-c5ccccc5)c4c4cccc2c34)c76)C1. The van der Waals surface area contributed by atoms with Crippen LogP contribution < -0.4 is 0 Å². The first-order chi connectivity index (χ1) is 28.8. The van der Waals surface area contributed by atoms with Crippen molar-refractivity contribution in [2.75, 3.05) is 0 Å². The van der Waals surface area contributed by atoms with Crippen LogP contribution >= 0.6 is 0 Å². The van der Waals surface area contributed by atoms with Gasteiger partial charge in [-0.25, -0.2) is 0 Å². The molecule has 0 nitrogen and oxygen atoms in total. The van der Waals surface area contributed by atoms with E-state index in [1.165, 1.54) is 137 Å². The lowest BCUT2D eigenvalue weighted by atomic mass is 9.77. The van der Waals surface area contributed by atoms with Gasteiger partial charge in [0.05, 0.1) is 0 Å². The van der Waals surface area contributed by atoms with E-state index in [-0.39, 0.29) is 5.92 Å². The molecular weight excluding hydrogens is 697 g/mol. The summed E-state index contributed by atoms with van der Waals surface area (Å²) < 4.78 is 0. The van der Waals surface area contributed by atoms with Gasteiger partial charge in [-0.05, 0) is 149 Å². The molecule has 0 radical (unpaired) electrons. The summed E-state index contributed by atoms with van der Waals surface area (Å²) in [5.74, 6) is 0.269. The molecule has 0 spiro atoms. The second kappa shape index (κ2) is 11.2. The molecule has 0 amide bonds. The van der Waals surface area contributed by atoms with E-state index in [2.05, 4.69) is 188 Å². The zero-order valence-electron chi connectivity index (χ0n) is 31.7. The minimum absolute atomic E-state index is 0.269. The second-order valence-corrected chi connectivity index (χ2v) is 16.5. The third-order valence-electron chi connectivity index (χ3n) is 13.9. The molecule has 0 saturated carbocycles. The highest BCUT2D eigenvalue weighted by molar-refractivity contribution is 6.45. The molecular formula is C58H34. The average Bonchev–Trinajstić information content (AvgIpc) is 3.92. The maximum atomic E-state index is 2.54. The molecule has 0 heteroatoms. The highest BCUT2D eigenvalue weighted by Gasteiger charge is 2.33. The summed E-state index contributed by atoms with van der Waals surface area (Å²) in [6, 6.07) is 68.9. The smallest absolute Gasteiger partial charge is 0.0137 e. The van der Waals surface area contributed by atoms with Crippen LogP contribution in [0.4, 0.5) is 0 Å². The van der Waals surface area contributed by atoms with Crippen LogP contribution in [-0.4, -0.2) is 0 Å². The monoisotopic (exact) mass is 730 g/mol. The van der Waals surface area contributed by atoms with Gasteiger partial charge in [-0.3, -0.25) is 0 Å². The molecule has 0 aromatic heterocycles. The fourth-order valence-corrected chi connectivity index (χ4v) is 11.7. The van der Waals surface area contributed by atoms with Gasteiger partial charge < -0.3 is 0 Å². The molecule has 12 aromatic carbocycles. The first-order valence-electron chi connectivity index (χ1n) is 20.6. The normalized spacial score (nSPS) is 14.8. The molecule has 12 aromatic rings. The van der Waals surface area contributed by atoms with E-state index in [4.69, 9.17) is 0 Å². The van der Waals surface area contributed by atoms with E-state index in [0.29, 0.717) is 0 Å². The van der Waals surface area contributed by atoms with Crippen LogP contribution in [0.2, 0.25) is 0 Å². The van der Waals surface area contributed by atoms with Gasteiger partial charge in [0.1, 0.15) is 0 Å². The minimum atomic E-state index is 0.269. The Hall–Kier alpha value is -7.28. The Kier molecular flexibility index (Phi) is 5.96. The van der Waals surface area contributed by atoms with E-state index < -0.39 is 0 Å². The third kappa shape index (κ3) is 3.81. The summed E-state index contributed by atoms with van der Waals surface area (Å²) in [5, 5.41) is 18.8. The summed E-state index contributed by atoms with van der Waals surface area (Å²) in [6.45, 7) is 0. The van der Waals surface area contributed by atoms with Gasteiger partial charge >= 0.3 is 0 Å². The molecule has 0 heterocycles. The van der Waals surface area contributed by atoms with Gasteiger partial charge in [-0.15, -0.1) is 0 Å². The molecule has 2 aliphatic rings. The first-order valence-corrected chi connectivity index (χ1v) is 20.6. The summed E-state index contributed by atoms with van der Waals surface area (Å²) >= 11 is 0. The summed E-state index contributed by atoms with van der Waals surface area (Å²) in [6.07, 6.45) is 3.51. The van der Waals surface area contributed by atoms with Crippen molar-refractivity contribution < 1.29 is 0 Å². The van der Waals surface area contributed by atoms with Crippen LogP contribution in [0.1, 0.15) is 34.6 Å². The van der Waals surface area contributed by atoms with E-state index in [9.17, 15) is 0 Å². The number of hydrogen-bond donors (Lipinski definition) is 0. The Morgan fingerprint density at radius 2 is 0.845 bits per heavy atom. The minimum Gasteiger partial charge on any atom is -0.0751 e. The molecule has 0 bridgehead atoms. The second-order valence-electron chi connectivity index (χ2n) is 16.5. The van der Waals surface area contributed by atoms with Crippen molar-refractivity contribution in [2.24, 2.45) is 0 Å². The zero-order valence-corrected chi connectivity index (χ0v) is 31.7. The van der Waals surface area contributed by atoms with Gasteiger partial charge in [-0.2, -0.15) is 0 Å². The first kappa shape index (κ1) is 30.9. The van der Waals surface area contributed by atoms with Crippen molar-refractivity contribution in [1.29, 1.82) is 0 Å². The molecule has 58 heavy (non-hydrogen) atoms. The molecule has 0 aliphatic heterocycles. The van der Waals surface area contributed by atoms with Crippen molar-refractivity contribution in [2.45, 2.75) is 12.3 Å². The van der Waals surface area contributed by atoms with Gasteiger partial charge in [0.25, 0.3) is 0 Å². The van der Waals surface area contributed by atoms with E-state index >= 15 is 0 Å². The van der Waals surface area contributed by atoms with Gasteiger partial charge in [0.2, 0.25) is 0 Å². The highest BCUT2D eigenvalue weighted by atomic mass is 14.4. The molecule has 0 N–H and O–H groups in total. The van der Waals surface area contributed by atoms with Gasteiger partial charge in [-0.1, -0.05) is 182 Å². The predicted molar refractivity (Wildman–Crippen MR) is 248 cm³/mol. The molecule has 0 fully saturated rings. The van der Waals surface area contributed by atoms with Crippen LogP contribution in [-0.2, 0) is 0 Å². The van der Waals surface area contributed by atoms with E-state index in [1.54, 1.807) is 0 Å². The Labute approximate surface area is 335 Å². The zero-order chi connectivity index (χ0) is 37.6. The number of benzene rings is 10. The van der Waals surface area contributed by atoms with Crippen molar-refractivity contribution in [3.63, 3.8) is 0 Å². The Morgan fingerprint density at radius 1 is 0.293 bits per heavy atom. The fourth-order valence-electron chi connectivity index (χ4n) is 11.7. The highest BCUT2D eigenvalue weighted by Crippen LogP contribution is 2.57. The van der Waals surface area contributed by atoms with Gasteiger partial charge in [0, 0.05) is 5.92 Å². The largest absolute Gasteiger partial charge is 0.0751 e. The van der Waals surface area contributed by atoms with Crippen LogP contribution in [0, 0.1) is 0 Å². The quantitative estimate of drug-likeness (QED) is 0.159. The number of allylic oxidation sites excluding steroid dienone is 1. The van der Waals surface area contributed by atoms with Crippen molar-refractivity contribution in [3.05, 3.63) is 210 Å². The maximum absolute atomic E-state index is 2.54. The third-order valence-corrected chi connectivity index (χ3v) is 13.9. The lowest BCUT2D eigenvalue weighted by Crippen LogP contribution is -2.08. The standard InChI is InChI=1S/C58H34/c1-3-14-33(15-4-1)51-50-32-49-38-21-10-9-20-37(38)42-24-12-26-46(55(42)49)56(50)52(34-16-5-2-6-17-34)58-47-27-13-25-44-40(29-31-48(54(44)47)57(51)58)39-28-30-45-36-19-8-7-18-35(36)41-22-11-23-43(39)53(41)45/h1-27,29-32,39H,28H2. The molecule has 14 rings (SSSR count). The summed E-state index contributed by atoms with van der Waals surface area (Å²) in [5.41, 5.74) is 15.0. The number of fused-ring (bicyclic) bond motifs is 11. The van der Waals surface area contributed by atoms with Crippen molar-refractivity contribution in [1.82, 2.24) is 0 Å².